The van der Waals surface area contributed by atoms with Gasteiger partial charge in [-0.1, -0.05) is 26.0 Å². The van der Waals surface area contributed by atoms with E-state index in [-0.39, 0.29) is 28.9 Å². The predicted molar refractivity (Wildman–Crippen MR) is 102 cm³/mol. The first-order chi connectivity index (χ1) is 12.3. The Morgan fingerprint density at radius 2 is 1.92 bits per heavy atom. The van der Waals surface area contributed by atoms with Crippen LogP contribution in [0.4, 0.5) is 5.69 Å². The summed E-state index contributed by atoms with van der Waals surface area (Å²) in [7, 11) is 0. The summed E-state index contributed by atoms with van der Waals surface area (Å²) >= 11 is 0. The Labute approximate surface area is 156 Å². The molecule has 1 aromatic carbocycles. The monoisotopic (exact) mass is 358 g/mol. The molecule has 0 bridgehead atoms. The maximum atomic E-state index is 12.8. The highest BCUT2D eigenvalue weighted by Gasteiger charge is 2.53. The maximum absolute atomic E-state index is 12.8. The number of morpholine rings is 1. The molecular weight excluding hydrogens is 328 g/mol. The van der Waals surface area contributed by atoms with Crippen LogP contribution < -0.4 is 5.32 Å². The van der Waals surface area contributed by atoms with E-state index in [4.69, 9.17) is 4.74 Å². The highest BCUT2D eigenvalue weighted by molar-refractivity contribution is 5.96. The highest BCUT2D eigenvalue weighted by Crippen LogP contribution is 2.52. The molecule has 142 valence electrons. The minimum atomic E-state index is -0.269. The number of hydrogen-bond acceptors (Lipinski definition) is 4. The van der Waals surface area contributed by atoms with E-state index in [0.29, 0.717) is 6.42 Å². The third kappa shape index (κ3) is 3.84. The van der Waals surface area contributed by atoms with Crippen molar-refractivity contribution < 1.29 is 14.3 Å². The molecule has 1 N–H and O–H groups in total. The molecule has 1 aromatic rings. The minimum Gasteiger partial charge on any atom is -0.379 e. The van der Waals surface area contributed by atoms with Crippen LogP contribution in [0.5, 0.6) is 0 Å². The molecule has 1 aliphatic carbocycles. The lowest BCUT2D eigenvalue weighted by Gasteiger charge is -2.49. The first-order valence-corrected chi connectivity index (χ1v) is 9.50. The van der Waals surface area contributed by atoms with Gasteiger partial charge in [0.25, 0.3) is 0 Å². The van der Waals surface area contributed by atoms with E-state index in [9.17, 15) is 9.59 Å². The molecule has 1 heterocycles. The predicted octanol–water partition coefficient (Wildman–Crippen LogP) is 3.02. The summed E-state index contributed by atoms with van der Waals surface area (Å²) < 4.78 is 5.40. The van der Waals surface area contributed by atoms with E-state index >= 15 is 0 Å². The van der Waals surface area contributed by atoms with Crippen LogP contribution in [0.2, 0.25) is 0 Å². The lowest BCUT2D eigenvalue weighted by molar-refractivity contribution is -0.145. The van der Waals surface area contributed by atoms with Crippen molar-refractivity contribution in [3.63, 3.8) is 0 Å². The van der Waals surface area contributed by atoms with Crippen LogP contribution >= 0.6 is 0 Å². The number of nitrogens with one attached hydrogen (secondary N) is 1. The number of nitrogens with zero attached hydrogens (tertiary/aromatic N) is 1. The van der Waals surface area contributed by atoms with Gasteiger partial charge in [-0.25, -0.2) is 0 Å². The van der Waals surface area contributed by atoms with Crippen molar-refractivity contribution in [1.29, 1.82) is 0 Å². The lowest BCUT2D eigenvalue weighted by Crippen LogP contribution is -2.53. The molecule has 5 heteroatoms. The fourth-order valence-electron chi connectivity index (χ4n) is 4.20. The molecule has 1 saturated carbocycles. The Morgan fingerprint density at radius 1 is 1.23 bits per heavy atom. The molecule has 1 amide bonds. The zero-order valence-corrected chi connectivity index (χ0v) is 16.3. The number of anilines is 1. The highest BCUT2D eigenvalue weighted by atomic mass is 16.5. The normalized spacial score (nSPS) is 25.4. The Kier molecular flexibility index (Phi) is 5.49. The van der Waals surface area contributed by atoms with Crippen molar-refractivity contribution in [3.8, 4) is 0 Å². The molecule has 0 radical (unpaired) electrons. The van der Waals surface area contributed by atoms with Gasteiger partial charge in [0.05, 0.1) is 13.2 Å². The second kappa shape index (κ2) is 7.49. The third-order valence-electron chi connectivity index (χ3n) is 6.14. The standard InChI is InChI=1S/C21H30N2O3/c1-14-5-6-16(13-23-7-9-26-10-8-23)11-19(14)22-20(25)18-12-17(15(2)24)21(18,3)4/h5-6,11,17-18H,7-10,12-13H2,1-4H3,(H,22,25)/t17-,18+/m0/s1. The number of hydrogen-bond donors (Lipinski definition) is 1. The quantitative estimate of drug-likeness (QED) is 0.879. The van der Waals surface area contributed by atoms with Crippen molar-refractivity contribution in [2.45, 2.75) is 40.7 Å². The van der Waals surface area contributed by atoms with Gasteiger partial charge in [0, 0.05) is 37.2 Å². The summed E-state index contributed by atoms with van der Waals surface area (Å²) in [6, 6.07) is 6.27. The van der Waals surface area contributed by atoms with Crippen LogP contribution in [0.25, 0.3) is 0 Å². The van der Waals surface area contributed by atoms with Crippen molar-refractivity contribution >= 4 is 17.4 Å². The third-order valence-corrected chi connectivity index (χ3v) is 6.14. The average molecular weight is 358 g/mol. The van der Waals surface area contributed by atoms with E-state index in [1.54, 1.807) is 6.92 Å². The van der Waals surface area contributed by atoms with Crippen LogP contribution in [-0.2, 0) is 20.9 Å². The second-order valence-electron chi connectivity index (χ2n) is 8.30. The molecule has 0 spiro atoms. The number of carbonyl (C=O) groups excluding carboxylic acids is 2. The minimum absolute atomic E-state index is 0.00741. The van der Waals surface area contributed by atoms with Crippen LogP contribution in [-0.4, -0.2) is 42.9 Å². The molecule has 5 nitrogen and oxygen atoms in total. The van der Waals surface area contributed by atoms with Crippen LogP contribution in [0.3, 0.4) is 0 Å². The Morgan fingerprint density at radius 3 is 2.54 bits per heavy atom. The summed E-state index contributed by atoms with van der Waals surface area (Å²) in [6.07, 6.45) is 0.653. The number of aryl methyl sites for hydroxylation is 1. The fourth-order valence-corrected chi connectivity index (χ4v) is 4.20. The maximum Gasteiger partial charge on any atom is 0.228 e. The lowest BCUT2D eigenvalue weighted by atomic mass is 9.53. The molecule has 2 aliphatic rings. The summed E-state index contributed by atoms with van der Waals surface area (Å²) in [5, 5.41) is 3.11. The first-order valence-electron chi connectivity index (χ1n) is 9.50. The average Bonchev–Trinajstić information content (AvgIpc) is 2.57. The Hall–Kier alpha value is -1.72. The largest absolute Gasteiger partial charge is 0.379 e. The molecule has 3 rings (SSSR count). The fraction of sp³-hybridized carbons (Fsp3) is 0.619. The smallest absolute Gasteiger partial charge is 0.228 e. The van der Waals surface area contributed by atoms with E-state index in [2.05, 4.69) is 28.4 Å². The molecule has 26 heavy (non-hydrogen) atoms. The summed E-state index contributed by atoms with van der Waals surface area (Å²) in [5.41, 5.74) is 2.87. The molecule has 1 saturated heterocycles. The Balaban J connectivity index is 1.66. The van der Waals surface area contributed by atoms with Gasteiger partial charge in [-0.05, 0) is 42.9 Å². The van der Waals surface area contributed by atoms with Gasteiger partial charge in [0.2, 0.25) is 5.91 Å². The zero-order chi connectivity index (χ0) is 18.9. The first kappa shape index (κ1) is 19.1. The summed E-state index contributed by atoms with van der Waals surface area (Å²) in [5.74, 6) is 0.0903. The molecule has 1 aliphatic heterocycles. The van der Waals surface area contributed by atoms with Crippen LogP contribution in [0.15, 0.2) is 18.2 Å². The van der Waals surface area contributed by atoms with Gasteiger partial charge >= 0.3 is 0 Å². The van der Waals surface area contributed by atoms with E-state index in [1.165, 1.54) is 5.56 Å². The van der Waals surface area contributed by atoms with Crippen molar-refractivity contribution in [3.05, 3.63) is 29.3 Å². The molecule has 0 aromatic heterocycles. The SMILES string of the molecule is CC(=O)[C@@H]1C[C@H](C(=O)Nc2cc(CN3CCOCC3)ccc2C)C1(C)C. The van der Waals surface area contributed by atoms with Gasteiger partial charge in [-0.15, -0.1) is 0 Å². The number of carbonyl (C=O) groups is 2. The number of Topliss-reactive ketones (excluding diaryl/α,β-unsaturated/α-hetero) is 1. The van der Waals surface area contributed by atoms with Crippen LogP contribution in [0.1, 0.15) is 38.3 Å². The zero-order valence-electron chi connectivity index (χ0n) is 16.3. The van der Waals surface area contributed by atoms with E-state index in [0.717, 1.165) is 44.1 Å². The van der Waals surface area contributed by atoms with E-state index in [1.807, 2.05) is 20.8 Å². The van der Waals surface area contributed by atoms with Crippen molar-refractivity contribution in [1.82, 2.24) is 4.90 Å². The van der Waals surface area contributed by atoms with Gasteiger partial charge < -0.3 is 10.1 Å². The van der Waals surface area contributed by atoms with Gasteiger partial charge in [-0.3, -0.25) is 14.5 Å². The summed E-state index contributed by atoms with van der Waals surface area (Å²) in [4.78, 5) is 26.9. The number of amides is 1. The molecule has 2 fully saturated rings. The topological polar surface area (TPSA) is 58.6 Å². The second-order valence-corrected chi connectivity index (χ2v) is 8.30. The van der Waals surface area contributed by atoms with Gasteiger partial charge in [0.15, 0.2) is 0 Å². The van der Waals surface area contributed by atoms with Gasteiger partial charge in [-0.2, -0.15) is 0 Å². The number of ether oxygens (including phenoxy) is 1. The molecular formula is C21H30N2O3. The summed E-state index contributed by atoms with van der Waals surface area (Å²) in [6.45, 7) is 12.0. The Bertz CT molecular complexity index is 692. The van der Waals surface area contributed by atoms with E-state index < -0.39 is 0 Å². The number of rotatable bonds is 5. The number of ketones is 1. The van der Waals surface area contributed by atoms with Crippen molar-refractivity contribution in [2.75, 3.05) is 31.6 Å². The van der Waals surface area contributed by atoms with Crippen LogP contribution in [0, 0.1) is 24.2 Å². The van der Waals surface area contributed by atoms with Gasteiger partial charge in [0.1, 0.15) is 5.78 Å². The molecule has 2 atom stereocenters. The number of benzene rings is 1. The molecule has 0 unspecified atom stereocenters. The van der Waals surface area contributed by atoms with Crippen molar-refractivity contribution in [2.24, 2.45) is 17.3 Å².